The Balaban J connectivity index is 1.83. The molecule has 1 aromatic carbocycles. The highest BCUT2D eigenvalue weighted by Gasteiger charge is 2.59. The zero-order chi connectivity index (χ0) is 24.1. The summed E-state index contributed by atoms with van der Waals surface area (Å²) in [6, 6.07) is 6.86. The van der Waals surface area contributed by atoms with Gasteiger partial charge in [0.1, 0.15) is 17.3 Å². The SMILES string of the molecule is CNC(=O)c1ccc(N2C(=S)N(c3cnc(C#N)c(C)c3)C(=O)C23CCC3)cc1C(F)(F)F. The number of aryl methyl sites for hydroxylation is 1. The summed E-state index contributed by atoms with van der Waals surface area (Å²) < 4.78 is 41.4. The van der Waals surface area contributed by atoms with Crippen LogP contribution in [-0.4, -0.2) is 34.5 Å². The van der Waals surface area contributed by atoms with E-state index in [4.69, 9.17) is 17.5 Å². The maximum absolute atomic E-state index is 13.8. The second kappa shape index (κ2) is 7.81. The van der Waals surface area contributed by atoms with Gasteiger partial charge in [-0.1, -0.05) is 0 Å². The summed E-state index contributed by atoms with van der Waals surface area (Å²) in [5, 5.41) is 11.4. The van der Waals surface area contributed by atoms with Crippen LogP contribution >= 0.6 is 12.2 Å². The van der Waals surface area contributed by atoms with E-state index in [-0.39, 0.29) is 22.4 Å². The van der Waals surface area contributed by atoms with Crippen LogP contribution in [0, 0.1) is 18.3 Å². The molecule has 2 amide bonds. The zero-order valence-electron chi connectivity index (χ0n) is 17.7. The van der Waals surface area contributed by atoms with E-state index in [1.807, 2.05) is 6.07 Å². The van der Waals surface area contributed by atoms with Gasteiger partial charge in [-0.25, -0.2) is 4.98 Å². The average Bonchev–Trinajstić information content (AvgIpc) is 2.98. The number of alkyl halides is 3. The Kier molecular flexibility index (Phi) is 5.36. The van der Waals surface area contributed by atoms with Crippen LogP contribution in [-0.2, 0) is 11.0 Å². The number of amides is 2. The molecule has 33 heavy (non-hydrogen) atoms. The van der Waals surface area contributed by atoms with Crippen LogP contribution in [0.4, 0.5) is 24.5 Å². The number of carbonyl (C=O) groups excluding carboxylic acids is 2. The summed E-state index contributed by atoms with van der Waals surface area (Å²) in [6.07, 6.45) is -1.88. The van der Waals surface area contributed by atoms with Crippen LogP contribution in [0.5, 0.6) is 0 Å². The van der Waals surface area contributed by atoms with Gasteiger partial charge < -0.3 is 10.2 Å². The number of rotatable bonds is 3. The number of pyridine rings is 1. The maximum atomic E-state index is 13.8. The zero-order valence-corrected chi connectivity index (χ0v) is 18.5. The number of aromatic nitrogens is 1. The first kappa shape index (κ1) is 22.7. The number of anilines is 2. The molecule has 4 rings (SSSR count). The lowest BCUT2D eigenvalue weighted by molar-refractivity contribution is -0.137. The van der Waals surface area contributed by atoms with Crippen molar-refractivity contribution in [3.63, 3.8) is 0 Å². The molecule has 2 fully saturated rings. The first-order valence-electron chi connectivity index (χ1n) is 10.0. The predicted molar refractivity (Wildman–Crippen MR) is 118 cm³/mol. The topological polar surface area (TPSA) is 89.3 Å². The number of nitrogens with one attached hydrogen (secondary N) is 1. The van der Waals surface area contributed by atoms with Gasteiger partial charge in [0.2, 0.25) is 0 Å². The van der Waals surface area contributed by atoms with Crippen molar-refractivity contribution in [2.45, 2.75) is 37.9 Å². The number of hydrogen-bond donors (Lipinski definition) is 1. The fourth-order valence-electron chi connectivity index (χ4n) is 4.25. The standard InChI is InChI=1S/C22H18F3N5O2S/c1-12-8-14(11-28-17(12)10-26)29-19(32)21(6-3-7-21)30(20(29)33)13-4-5-15(18(31)27-2)16(9-13)22(23,24)25/h4-5,8-9,11H,3,6-7H2,1-2H3,(H,27,31). The Hall–Kier alpha value is -3.52. The van der Waals surface area contributed by atoms with Gasteiger partial charge in [0, 0.05) is 12.7 Å². The van der Waals surface area contributed by atoms with Crippen LogP contribution in [0.1, 0.15) is 46.4 Å². The van der Waals surface area contributed by atoms with E-state index >= 15 is 0 Å². The summed E-state index contributed by atoms with van der Waals surface area (Å²) in [5.74, 6) is -1.22. The van der Waals surface area contributed by atoms with Crippen molar-refractivity contribution in [3.05, 3.63) is 52.8 Å². The molecule has 1 saturated heterocycles. The molecule has 1 aromatic heterocycles. The number of nitrogens with zero attached hydrogens (tertiary/aromatic N) is 4. The molecule has 0 bridgehead atoms. The molecule has 1 spiro atoms. The first-order chi connectivity index (χ1) is 15.5. The summed E-state index contributed by atoms with van der Waals surface area (Å²) in [4.78, 5) is 32.3. The second-order valence-corrected chi connectivity index (χ2v) is 8.29. The van der Waals surface area contributed by atoms with Crippen LogP contribution in [0.3, 0.4) is 0 Å². The Morgan fingerprint density at radius 1 is 1.27 bits per heavy atom. The van der Waals surface area contributed by atoms with E-state index in [0.29, 0.717) is 30.5 Å². The number of halogens is 3. The third-order valence-electron chi connectivity index (χ3n) is 6.06. The molecule has 11 heteroatoms. The Morgan fingerprint density at radius 3 is 2.48 bits per heavy atom. The molecule has 0 unspecified atom stereocenters. The van der Waals surface area contributed by atoms with Gasteiger partial charge in [-0.3, -0.25) is 14.5 Å². The molecule has 1 aliphatic carbocycles. The summed E-state index contributed by atoms with van der Waals surface area (Å²) in [5.41, 5.74) is -1.57. The molecule has 0 radical (unpaired) electrons. The van der Waals surface area contributed by atoms with E-state index < -0.39 is 28.7 Å². The van der Waals surface area contributed by atoms with E-state index in [2.05, 4.69) is 10.3 Å². The molecular formula is C22H18F3N5O2S. The lowest BCUT2D eigenvalue weighted by atomic mass is 9.75. The Morgan fingerprint density at radius 2 is 1.97 bits per heavy atom. The molecule has 1 N–H and O–H groups in total. The van der Waals surface area contributed by atoms with Crippen molar-refractivity contribution in [2.24, 2.45) is 0 Å². The predicted octanol–water partition coefficient (Wildman–Crippen LogP) is 3.70. The van der Waals surface area contributed by atoms with Gasteiger partial charge in [-0.05, 0) is 68.2 Å². The summed E-state index contributed by atoms with van der Waals surface area (Å²) in [7, 11) is 1.25. The minimum absolute atomic E-state index is 0.0198. The molecule has 7 nitrogen and oxygen atoms in total. The smallest absolute Gasteiger partial charge is 0.355 e. The fraction of sp³-hybridized carbons (Fsp3) is 0.318. The van der Waals surface area contributed by atoms with Gasteiger partial charge in [0.25, 0.3) is 11.8 Å². The van der Waals surface area contributed by atoms with Gasteiger partial charge in [-0.2, -0.15) is 18.4 Å². The van der Waals surface area contributed by atoms with Crippen molar-refractivity contribution >= 4 is 40.5 Å². The van der Waals surface area contributed by atoms with Gasteiger partial charge in [0.15, 0.2) is 5.11 Å². The molecule has 1 saturated carbocycles. The Bertz CT molecular complexity index is 1230. The first-order valence-corrected chi connectivity index (χ1v) is 10.4. The summed E-state index contributed by atoms with van der Waals surface area (Å²) >= 11 is 5.58. The van der Waals surface area contributed by atoms with Gasteiger partial charge in [0.05, 0.1) is 23.0 Å². The fourth-order valence-corrected chi connectivity index (χ4v) is 4.71. The van der Waals surface area contributed by atoms with Crippen molar-refractivity contribution in [2.75, 3.05) is 16.8 Å². The highest BCUT2D eigenvalue weighted by atomic mass is 32.1. The number of carbonyl (C=O) groups is 2. The van der Waals surface area contributed by atoms with Gasteiger partial charge >= 0.3 is 6.18 Å². The monoisotopic (exact) mass is 473 g/mol. The van der Waals surface area contributed by atoms with Crippen LogP contribution in [0.2, 0.25) is 0 Å². The van der Waals surface area contributed by atoms with Crippen LogP contribution < -0.4 is 15.1 Å². The summed E-state index contributed by atoms with van der Waals surface area (Å²) in [6.45, 7) is 1.67. The molecule has 170 valence electrons. The molecule has 2 aromatic rings. The lowest BCUT2D eigenvalue weighted by Crippen LogP contribution is -2.55. The largest absolute Gasteiger partial charge is 0.417 e. The quantitative estimate of drug-likeness (QED) is 0.684. The normalized spacial score (nSPS) is 17.2. The average molecular weight is 473 g/mol. The minimum Gasteiger partial charge on any atom is -0.355 e. The van der Waals surface area contributed by atoms with E-state index in [9.17, 15) is 22.8 Å². The van der Waals surface area contributed by atoms with Gasteiger partial charge in [-0.15, -0.1) is 0 Å². The highest BCUT2D eigenvalue weighted by Crippen LogP contribution is 2.48. The number of hydrogen-bond acceptors (Lipinski definition) is 5. The van der Waals surface area contributed by atoms with Crippen LogP contribution in [0.25, 0.3) is 0 Å². The molecular weight excluding hydrogens is 455 g/mol. The Labute approximate surface area is 192 Å². The number of nitriles is 1. The highest BCUT2D eigenvalue weighted by molar-refractivity contribution is 7.81. The van der Waals surface area contributed by atoms with Crippen molar-refractivity contribution in [3.8, 4) is 6.07 Å². The van der Waals surface area contributed by atoms with Crippen LogP contribution in [0.15, 0.2) is 30.5 Å². The molecule has 2 heterocycles. The molecule has 1 aliphatic heterocycles. The second-order valence-electron chi connectivity index (χ2n) is 7.92. The van der Waals surface area contributed by atoms with E-state index in [1.165, 1.54) is 29.1 Å². The van der Waals surface area contributed by atoms with Crippen molar-refractivity contribution in [1.82, 2.24) is 10.3 Å². The maximum Gasteiger partial charge on any atom is 0.417 e. The third-order valence-corrected chi connectivity index (χ3v) is 6.42. The van der Waals surface area contributed by atoms with E-state index in [0.717, 1.165) is 12.1 Å². The number of benzene rings is 1. The third kappa shape index (κ3) is 3.41. The van der Waals surface area contributed by atoms with E-state index in [1.54, 1.807) is 13.0 Å². The number of thiocarbonyl (C=S) groups is 1. The van der Waals surface area contributed by atoms with Crippen molar-refractivity contribution < 1.29 is 22.8 Å². The lowest BCUT2D eigenvalue weighted by Gasteiger charge is -2.43. The van der Waals surface area contributed by atoms with Crippen molar-refractivity contribution in [1.29, 1.82) is 5.26 Å². The molecule has 2 aliphatic rings. The minimum atomic E-state index is -4.79. The molecule has 0 atom stereocenters.